The first kappa shape index (κ1) is 23.2. The highest BCUT2D eigenvalue weighted by molar-refractivity contribution is 5.78. The van der Waals surface area contributed by atoms with E-state index >= 15 is 0 Å². The zero-order chi connectivity index (χ0) is 21.3. The summed E-state index contributed by atoms with van der Waals surface area (Å²) in [4.78, 5) is 14.0. The average molecular weight is 410 g/mol. The number of aliphatic hydroxyl groups excluding tert-OH is 1. The van der Waals surface area contributed by atoms with Crippen LogP contribution >= 0.6 is 0 Å². The summed E-state index contributed by atoms with van der Waals surface area (Å²) in [6.07, 6.45) is 1.75. The fourth-order valence-electron chi connectivity index (χ4n) is 3.87. The summed E-state index contributed by atoms with van der Waals surface area (Å²) < 4.78 is 38.4. The standard InChI is InChI=1S/C22H29F3N2O2/c23-22(24,25)18-8-6-7-17(15-18)16-20(28)11-9-19-10-12-21(29)27(19)14-5-3-1-2-4-13-26/h6-8,15,19-20,28H,1-5,9-12,14,16H2/t19-,20-/m1/s1. The van der Waals surface area contributed by atoms with Gasteiger partial charge in [0.25, 0.3) is 0 Å². The van der Waals surface area contributed by atoms with Gasteiger partial charge < -0.3 is 10.0 Å². The highest BCUT2D eigenvalue weighted by Crippen LogP contribution is 2.30. The number of aliphatic hydroxyl groups is 1. The number of alkyl halides is 3. The van der Waals surface area contributed by atoms with Gasteiger partial charge in [-0.25, -0.2) is 0 Å². The quantitative estimate of drug-likeness (QED) is 0.530. The van der Waals surface area contributed by atoms with Crippen LogP contribution in [0, 0.1) is 11.3 Å². The van der Waals surface area contributed by atoms with Crippen molar-refractivity contribution in [2.24, 2.45) is 0 Å². The van der Waals surface area contributed by atoms with Gasteiger partial charge in [-0.1, -0.05) is 31.0 Å². The molecule has 1 aliphatic heterocycles. The van der Waals surface area contributed by atoms with Crippen LogP contribution < -0.4 is 0 Å². The van der Waals surface area contributed by atoms with Crippen molar-refractivity contribution >= 4 is 5.91 Å². The van der Waals surface area contributed by atoms with Gasteiger partial charge in [0.1, 0.15) is 0 Å². The number of halogens is 3. The summed E-state index contributed by atoms with van der Waals surface area (Å²) in [5, 5.41) is 18.8. The van der Waals surface area contributed by atoms with Crippen LogP contribution in [0.2, 0.25) is 0 Å². The van der Waals surface area contributed by atoms with E-state index in [1.807, 2.05) is 4.90 Å². The number of amides is 1. The van der Waals surface area contributed by atoms with E-state index in [4.69, 9.17) is 5.26 Å². The average Bonchev–Trinajstić information content (AvgIpc) is 3.02. The SMILES string of the molecule is N#CCCCCCCN1C(=O)CC[C@H]1CC[C@@H](O)Cc1cccc(C(F)(F)F)c1. The molecule has 0 aliphatic carbocycles. The van der Waals surface area contributed by atoms with E-state index < -0.39 is 17.8 Å². The van der Waals surface area contributed by atoms with Crippen molar-refractivity contribution in [3.05, 3.63) is 35.4 Å². The van der Waals surface area contributed by atoms with Gasteiger partial charge >= 0.3 is 6.18 Å². The van der Waals surface area contributed by atoms with Crippen LogP contribution in [0.4, 0.5) is 13.2 Å². The second kappa shape index (κ2) is 11.2. The number of nitrogens with zero attached hydrogens (tertiary/aromatic N) is 2. The number of rotatable bonds is 11. The summed E-state index contributed by atoms with van der Waals surface area (Å²) in [5.74, 6) is 0.138. The normalized spacial score (nSPS) is 18.1. The zero-order valence-electron chi connectivity index (χ0n) is 16.6. The molecule has 4 nitrogen and oxygen atoms in total. The predicted octanol–water partition coefficient (Wildman–Crippen LogP) is 4.85. The summed E-state index contributed by atoms with van der Waals surface area (Å²) in [6, 6.07) is 7.28. The molecule has 0 bridgehead atoms. The van der Waals surface area contributed by atoms with Gasteiger partial charge in [-0.2, -0.15) is 18.4 Å². The molecule has 1 amide bonds. The number of carbonyl (C=O) groups excluding carboxylic acids is 1. The van der Waals surface area contributed by atoms with Crippen molar-refractivity contribution in [3.63, 3.8) is 0 Å². The van der Waals surface area contributed by atoms with Crippen molar-refractivity contribution in [2.45, 2.75) is 82.5 Å². The molecule has 1 aromatic carbocycles. The molecule has 0 unspecified atom stereocenters. The highest BCUT2D eigenvalue weighted by atomic mass is 19.4. The van der Waals surface area contributed by atoms with Gasteiger partial charge in [-0.15, -0.1) is 0 Å². The minimum atomic E-state index is -4.39. The number of unbranched alkanes of at least 4 members (excludes halogenated alkanes) is 4. The topological polar surface area (TPSA) is 64.3 Å². The summed E-state index contributed by atoms with van der Waals surface area (Å²) in [6.45, 7) is 0.694. The molecule has 160 valence electrons. The first-order chi connectivity index (χ1) is 13.8. The van der Waals surface area contributed by atoms with Crippen molar-refractivity contribution in [3.8, 4) is 6.07 Å². The third kappa shape index (κ3) is 7.69. The van der Waals surface area contributed by atoms with Crippen molar-refractivity contribution < 1.29 is 23.1 Å². The predicted molar refractivity (Wildman–Crippen MR) is 104 cm³/mol. The Balaban J connectivity index is 1.77. The third-order valence-corrected chi connectivity index (χ3v) is 5.45. The van der Waals surface area contributed by atoms with E-state index in [1.54, 1.807) is 6.07 Å². The molecule has 2 rings (SSSR count). The van der Waals surface area contributed by atoms with Gasteiger partial charge in [-0.3, -0.25) is 4.79 Å². The largest absolute Gasteiger partial charge is 0.416 e. The Bertz CT molecular complexity index is 700. The van der Waals surface area contributed by atoms with Gasteiger partial charge in [0, 0.05) is 25.4 Å². The van der Waals surface area contributed by atoms with E-state index in [-0.39, 0.29) is 18.4 Å². The Labute approximate surface area is 170 Å². The van der Waals surface area contributed by atoms with E-state index in [0.717, 1.165) is 44.2 Å². The fraction of sp³-hybridized carbons (Fsp3) is 0.636. The molecule has 1 fully saturated rings. The lowest BCUT2D eigenvalue weighted by atomic mass is 9.99. The lowest BCUT2D eigenvalue weighted by Crippen LogP contribution is -2.34. The molecule has 2 atom stereocenters. The molecule has 7 heteroatoms. The van der Waals surface area contributed by atoms with Crippen LogP contribution in [0.5, 0.6) is 0 Å². The second-order valence-corrected chi connectivity index (χ2v) is 7.74. The molecule has 1 aromatic rings. The number of carbonyl (C=O) groups is 1. The van der Waals surface area contributed by atoms with E-state index in [1.165, 1.54) is 6.07 Å². The number of likely N-dealkylation sites (tertiary alicyclic amines) is 1. The van der Waals surface area contributed by atoms with Crippen molar-refractivity contribution in [1.82, 2.24) is 4.90 Å². The Kier molecular flexibility index (Phi) is 8.97. The Morgan fingerprint density at radius 3 is 2.72 bits per heavy atom. The lowest BCUT2D eigenvalue weighted by molar-refractivity contribution is -0.137. The Morgan fingerprint density at radius 2 is 2.00 bits per heavy atom. The molecule has 1 aliphatic rings. The number of hydrogen-bond acceptors (Lipinski definition) is 3. The summed E-state index contributed by atoms with van der Waals surface area (Å²) >= 11 is 0. The van der Waals surface area contributed by atoms with Crippen LogP contribution in [0.25, 0.3) is 0 Å². The van der Waals surface area contributed by atoms with Gasteiger partial charge in [-0.05, 0) is 50.2 Å². The molecule has 1 heterocycles. The second-order valence-electron chi connectivity index (χ2n) is 7.74. The molecule has 0 saturated carbocycles. The minimum absolute atomic E-state index is 0.0952. The Hall–Kier alpha value is -2.07. The first-order valence-corrected chi connectivity index (χ1v) is 10.3. The van der Waals surface area contributed by atoms with Gasteiger partial charge in [0.05, 0.1) is 17.7 Å². The number of hydrogen-bond donors (Lipinski definition) is 1. The van der Waals surface area contributed by atoms with Crippen LogP contribution in [0.15, 0.2) is 24.3 Å². The number of benzene rings is 1. The zero-order valence-corrected chi connectivity index (χ0v) is 16.6. The lowest BCUT2D eigenvalue weighted by Gasteiger charge is -2.26. The molecule has 1 N–H and O–H groups in total. The number of nitriles is 1. The molecule has 0 spiro atoms. The van der Waals surface area contributed by atoms with Gasteiger partial charge in [0.2, 0.25) is 5.91 Å². The smallest absolute Gasteiger partial charge is 0.393 e. The van der Waals surface area contributed by atoms with Gasteiger partial charge in [0.15, 0.2) is 0 Å². The van der Waals surface area contributed by atoms with E-state index in [2.05, 4.69) is 6.07 Å². The molecule has 1 saturated heterocycles. The Morgan fingerprint density at radius 1 is 1.24 bits per heavy atom. The van der Waals surface area contributed by atoms with Crippen molar-refractivity contribution in [2.75, 3.05) is 6.54 Å². The first-order valence-electron chi connectivity index (χ1n) is 10.3. The maximum atomic E-state index is 12.8. The van der Waals surface area contributed by atoms with Crippen LogP contribution in [0.1, 0.15) is 68.9 Å². The molecular weight excluding hydrogens is 381 g/mol. The molecule has 0 radical (unpaired) electrons. The maximum Gasteiger partial charge on any atom is 0.416 e. The maximum absolute atomic E-state index is 12.8. The highest BCUT2D eigenvalue weighted by Gasteiger charge is 2.31. The molecular formula is C22H29F3N2O2. The fourth-order valence-corrected chi connectivity index (χ4v) is 3.87. The minimum Gasteiger partial charge on any atom is -0.393 e. The van der Waals surface area contributed by atoms with Crippen LogP contribution in [-0.2, 0) is 17.4 Å². The van der Waals surface area contributed by atoms with Crippen molar-refractivity contribution in [1.29, 1.82) is 5.26 Å². The van der Waals surface area contributed by atoms with Crippen LogP contribution in [-0.4, -0.2) is 34.6 Å². The third-order valence-electron chi connectivity index (χ3n) is 5.45. The monoisotopic (exact) mass is 410 g/mol. The summed E-state index contributed by atoms with van der Waals surface area (Å²) in [7, 11) is 0. The van der Waals surface area contributed by atoms with E-state index in [0.29, 0.717) is 37.8 Å². The molecule has 29 heavy (non-hydrogen) atoms. The van der Waals surface area contributed by atoms with E-state index in [9.17, 15) is 23.1 Å². The summed E-state index contributed by atoms with van der Waals surface area (Å²) in [5.41, 5.74) is -0.242. The van der Waals surface area contributed by atoms with Crippen LogP contribution in [0.3, 0.4) is 0 Å². The molecule has 0 aromatic heterocycles.